The molecule has 2 aliphatic rings. The third-order valence-corrected chi connectivity index (χ3v) is 8.30. The molecule has 0 radical (unpaired) electrons. The van der Waals surface area contributed by atoms with Gasteiger partial charge in [-0.15, -0.1) is 6.58 Å². The molecule has 0 bridgehead atoms. The predicted molar refractivity (Wildman–Crippen MR) is 164 cm³/mol. The number of rotatable bonds is 20. The molecular weight excluding hydrogens is 548 g/mol. The Morgan fingerprint density at radius 2 is 1.21 bits per heavy atom. The minimum Gasteiger partial charge on any atom is -0.394 e. The van der Waals surface area contributed by atoms with E-state index >= 15 is 0 Å². The molecule has 4 rings (SSSR count). The van der Waals surface area contributed by atoms with Gasteiger partial charge in [0, 0.05) is 0 Å². The van der Waals surface area contributed by atoms with Crippen molar-refractivity contribution in [2.24, 2.45) is 0 Å². The number of hydrogen-bond donors (Lipinski definition) is 3. The second kappa shape index (κ2) is 18.6. The molecular formula is C35H50O8. The molecule has 2 aromatic carbocycles. The van der Waals surface area contributed by atoms with Crippen molar-refractivity contribution in [1.29, 1.82) is 0 Å². The maximum Gasteiger partial charge on any atom is 0.186 e. The molecule has 0 amide bonds. The Kier molecular flexibility index (Phi) is 14.6. The molecule has 238 valence electrons. The fourth-order valence-electron chi connectivity index (χ4n) is 5.82. The lowest BCUT2D eigenvalue weighted by molar-refractivity contribution is -0.191. The molecule has 43 heavy (non-hydrogen) atoms. The topological polar surface area (TPSA) is 107 Å². The number of aliphatic hydroxyl groups excluding tert-OH is 3. The smallest absolute Gasteiger partial charge is 0.186 e. The molecule has 0 aromatic heterocycles. The van der Waals surface area contributed by atoms with Gasteiger partial charge in [0.25, 0.3) is 0 Å². The first-order valence-electron chi connectivity index (χ1n) is 15.9. The van der Waals surface area contributed by atoms with Gasteiger partial charge >= 0.3 is 0 Å². The molecule has 0 saturated carbocycles. The fraction of sp³-hybridized carbons (Fsp3) is 0.600. The summed E-state index contributed by atoms with van der Waals surface area (Å²) in [6.07, 6.45) is 6.39. The number of ether oxygens (including phenoxy) is 5. The zero-order valence-corrected chi connectivity index (χ0v) is 25.3. The summed E-state index contributed by atoms with van der Waals surface area (Å²) in [5, 5.41) is 30.0. The van der Waals surface area contributed by atoms with Crippen LogP contribution < -0.4 is 0 Å². The number of benzene rings is 2. The number of aliphatic hydroxyl groups is 3. The van der Waals surface area contributed by atoms with Crippen LogP contribution in [0, 0.1) is 0 Å². The SMILES string of the molecule is C=CCCCCCCCCC[C@@H]1O[C@H](CO[C@H]2O[C@H](CO)[C@@H](O)[C@@H]2O)[C@@H](OCc2ccccc2)[C@@H]1OCc1ccccc1. The summed E-state index contributed by atoms with van der Waals surface area (Å²) in [7, 11) is 0. The van der Waals surface area contributed by atoms with E-state index in [0.29, 0.717) is 13.2 Å². The van der Waals surface area contributed by atoms with Crippen LogP contribution in [0.15, 0.2) is 73.3 Å². The van der Waals surface area contributed by atoms with E-state index in [1.807, 2.05) is 66.7 Å². The quantitative estimate of drug-likeness (QED) is 0.143. The van der Waals surface area contributed by atoms with Crippen LogP contribution in [0.4, 0.5) is 0 Å². The van der Waals surface area contributed by atoms with Gasteiger partial charge in [0.2, 0.25) is 0 Å². The van der Waals surface area contributed by atoms with E-state index in [-0.39, 0.29) is 18.8 Å². The van der Waals surface area contributed by atoms with Crippen LogP contribution in [0.1, 0.15) is 68.9 Å². The van der Waals surface area contributed by atoms with E-state index in [1.165, 1.54) is 32.1 Å². The number of allylic oxidation sites excluding steroid dienone is 1. The Labute approximate surface area is 256 Å². The van der Waals surface area contributed by atoms with Crippen LogP contribution >= 0.6 is 0 Å². The van der Waals surface area contributed by atoms with E-state index < -0.39 is 43.4 Å². The lowest BCUT2D eigenvalue weighted by Crippen LogP contribution is -2.40. The maximum atomic E-state index is 10.4. The molecule has 2 fully saturated rings. The molecule has 2 heterocycles. The first-order chi connectivity index (χ1) is 21.1. The molecule has 3 N–H and O–H groups in total. The summed E-state index contributed by atoms with van der Waals surface area (Å²) >= 11 is 0. The van der Waals surface area contributed by atoms with E-state index in [4.69, 9.17) is 23.7 Å². The molecule has 8 nitrogen and oxygen atoms in total. The minimum atomic E-state index is -1.26. The average Bonchev–Trinajstić information content (AvgIpc) is 3.52. The third kappa shape index (κ3) is 10.5. The highest BCUT2D eigenvalue weighted by atomic mass is 16.7. The second-order valence-electron chi connectivity index (χ2n) is 11.6. The van der Waals surface area contributed by atoms with Gasteiger partial charge in [0.1, 0.15) is 36.6 Å². The fourth-order valence-corrected chi connectivity index (χ4v) is 5.82. The van der Waals surface area contributed by atoms with Crippen molar-refractivity contribution in [3.05, 3.63) is 84.4 Å². The van der Waals surface area contributed by atoms with Crippen molar-refractivity contribution >= 4 is 0 Å². The van der Waals surface area contributed by atoms with Crippen LogP contribution in [0.5, 0.6) is 0 Å². The highest BCUT2D eigenvalue weighted by Gasteiger charge is 2.48. The lowest BCUT2D eigenvalue weighted by atomic mass is 10.0. The van der Waals surface area contributed by atoms with Gasteiger partial charge in [0.05, 0.1) is 32.5 Å². The molecule has 2 aromatic rings. The Hall–Kier alpha value is -2.14. The summed E-state index contributed by atoms with van der Waals surface area (Å²) in [4.78, 5) is 0. The van der Waals surface area contributed by atoms with Gasteiger partial charge in [0.15, 0.2) is 6.29 Å². The number of hydrogen-bond acceptors (Lipinski definition) is 8. The third-order valence-electron chi connectivity index (χ3n) is 8.30. The monoisotopic (exact) mass is 598 g/mol. The first-order valence-corrected chi connectivity index (χ1v) is 15.9. The normalized spacial score (nSPS) is 28.8. The summed E-state index contributed by atoms with van der Waals surface area (Å²) in [6, 6.07) is 20.1. The highest BCUT2D eigenvalue weighted by molar-refractivity contribution is 5.14. The summed E-state index contributed by atoms with van der Waals surface area (Å²) in [6.45, 7) is 4.30. The molecule has 8 heteroatoms. The van der Waals surface area contributed by atoms with Gasteiger partial charge in [-0.05, 0) is 30.4 Å². The highest BCUT2D eigenvalue weighted by Crippen LogP contribution is 2.33. The summed E-state index contributed by atoms with van der Waals surface area (Å²) in [5.41, 5.74) is 2.12. The molecule has 8 atom stereocenters. The van der Waals surface area contributed by atoms with Crippen molar-refractivity contribution in [2.75, 3.05) is 13.2 Å². The molecule has 0 spiro atoms. The number of unbranched alkanes of at least 4 members (excludes halogenated alkanes) is 7. The van der Waals surface area contributed by atoms with Crippen LogP contribution in [0.2, 0.25) is 0 Å². The van der Waals surface area contributed by atoms with E-state index in [0.717, 1.165) is 36.8 Å². The van der Waals surface area contributed by atoms with Crippen molar-refractivity contribution in [2.45, 2.75) is 120 Å². The molecule has 2 aliphatic heterocycles. The van der Waals surface area contributed by atoms with Crippen LogP contribution in [-0.4, -0.2) is 77.6 Å². The molecule has 2 saturated heterocycles. The first kappa shape index (κ1) is 33.7. The Balaban J connectivity index is 1.40. The van der Waals surface area contributed by atoms with Crippen molar-refractivity contribution in [1.82, 2.24) is 0 Å². The Bertz CT molecular complexity index is 1020. The Morgan fingerprint density at radius 3 is 1.77 bits per heavy atom. The van der Waals surface area contributed by atoms with Crippen molar-refractivity contribution in [3.63, 3.8) is 0 Å². The van der Waals surface area contributed by atoms with Crippen molar-refractivity contribution in [3.8, 4) is 0 Å². The lowest BCUT2D eigenvalue weighted by Gasteiger charge is -2.26. The zero-order chi connectivity index (χ0) is 30.3. The van der Waals surface area contributed by atoms with Crippen LogP contribution in [-0.2, 0) is 36.9 Å². The van der Waals surface area contributed by atoms with Crippen LogP contribution in [0.3, 0.4) is 0 Å². The van der Waals surface area contributed by atoms with Gasteiger partial charge in [-0.3, -0.25) is 0 Å². The van der Waals surface area contributed by atoms with E-state index in [9.17, 15) is 15.3 Å². The van der Waals surface area contributed by atoms with Gasteiger partial charge in [-0.2, -0.15) is 0 Å². The van der Waals surface area contributed by atoms with Crippen molar-refractivity contribution < 1.29 is 39.0 Å². The van der Waals surface area contributed by atoms with Crippen LogP contribution in [0.25, 0.3) is 0 Å². The van der Waals surface area contributed by atoms with Gasteiger partial charge in [-0.1, -0.05) is 105 Å². The standard InChI is InChI=1S/C35H50O8/c1-2-3-4-5-6-7-8-9-16-21-28-33(39-23-26-17-12-10-13-18-26)34(40-24-27-19-14-11-15-20-27)30(42-28)25-41-35-32(38)31(37)29(22-36)43-35/h2,10-15,17-20,28-38H,1,3-9,16,21-25H2/t28-,29+,30+,31+,32-,33+,34+,35-/m0/s1. The minimum absolute atomic E-state index is 0.0818. The average molecular weight is 599 g/mol. The Morgan fingerprint density at radius 1 is 0.651 bits per heavy atom. The molecule has 0 unspecified atom stereocenters. The predicted octanol–water partition coefficient (Wildman–Crippen LogP) is 5.08. The largest absolute Gasteiger partial charge is 0.394 e. The van der Waals surface area contributed by atoms with E-state index in [1.54, 1.807) is 0 Å². The maximum absolute atomic E-state index is 10.4. The molecule has 0 aliphatic carbocycles. The second-order valence-corrected chi connectivity index (χ2v) is 11.6. The van der Waals surface area contributed by atoms with Gasteiger partial charge < -0.3 is 39.0 Å². The summed E-state index contributed by atoms with van der Waals surface area (Å²) < 4.78 is 31.1. The zero-order valence-electron chi connectivity index (χ0n) is 25.3. The van der Waals surface area contributed by atoms with E-state index in [2.05, 4.69) is 6.58 Å². The summed E-state index contributed by atoms with van der Waals surface area (Å²) in [5.74, 6) is 0. The van der Waals surface area contributed by atoms with Gasteiger partial charge in [-0.25, -0.2) is 0 Å².